The first-order valence-electron chi connectivity index (χ1n) is 6.25. The molecule has 96 valence electrons. The summed E-state index contributed by atoms with van der Waals surface area (Å²) in [6.07, 6.45) is 1.07. The largest absolute Gasteiger partial charge is 0.494 e. The van der Waals surface area contributed by atoms with Crippen LogP contribution in [-0.4, -0.2) is 19.2 Å². The van der Waals surface area contributed by atoms with Gasteiger partial charge in [0, 0.05) is 10.5 Å². The van der Waals surface area contributed by atoms with Crippen LogP contribution >= 0.6 is 15.9 Å². The Hall–Kier alpha value is -0.540. The number of nitrogens with one attached hydrogen (secondary N) is 1. The van der Waals surface area contributed by atoms with Crippen molar-refractivity contribution in [3.05, 3.63) is 28.7 Å². The highest BCUT2D eigenvalue weighted by Crippen LogP contribution is 2.18. The van der Waals surface area contributed by atoms with Gasteiger partial charge in [-0.15, -0.1) is 0 Å². The van der Waals surface area contributed by atoms with Gasteiger partial charge < -0.3 is 10.1 Å². The van der Waals surface area contributed by atoms with Crippen LogP contribution in [0.1, 0.15) is 27.2 Å². The fraction of sp³-hybridized carbons (Fsp3) is 0.571. The monoisotopic (exact) mass is 299 g/mol. The molecule has 2 atom stereocenters. The molecule has 0 heterocycles. The van der Waals surface area contributed by atoms with Crippen LogP contribution in [0, 0.1) is 5.92 Å². The standard InChI is InChI=1S/C14H22BrNO/c1-4-16-12(3)11(2)8-9-17-14-7-5-6-13(15)10-14/h5-7,10-12,16H,4,8-9H2,1-3H3. The predicted molar refractivity (Wildman–Crippen MR) is 76.6 cm³/mol. The molecular weight excluding hydrogens is 278 g/mol. The van der Waals surface area contributed by atoms with Crippen LogP contribution in [0.4, 0.5) is 0 Å². The Kier molecular flexibility index (Phi) is 6.60. The van der Waals surface area contributed by atoms with Crippen molar-refractivity contribution in [1.82, 2.24) is 5.32 Å². The summed E-state index contributed by atoms with van der Waals surface area (Å²) in [5.74, 6) is 1.56. The minimum absolute atomic E-state index is 0.547. The first kappa shape index (κ1) is 14.5. The zero-order chi connectivity index (χ0) is 12.7. The SMILES string of the molecule is CCNC(C)C(C)CCOc1cccc(Br)c1. The maximum absolute atomic E-state index is 5.73. The Labute approximate surface area is 113 Å². The van der Waals surface area contributed by atoms with Gasteiger partial charge in [0.05, 0.1) is 6.61 Å². The summed E-state index contributed by atoms with van der Waals surface area (Å²) in [4.78, 5) is 0. The van der Waals surface area contributed by atoms with Gasteiger partial charge in [-0.1, -0.05) is 35.8 Å². The molecule has 0 aromatic heterocycles. The van der Waals surface area contributed by atoms with Crippen molar-refractivity contribution < 1.29 is 4.74 Å². The van der Waals surface area contributed by atoms with E-state index in [1.807, 2.05) is 24.3 Å². The van der Waals surface area contributed by atoms with Crippen molar-refractivity contribution in [2.45, 2.75) is 33.2 Å². The normalized spacial score (nSPS) is 14.4. The van der Waals surface area contributed by atoms with Crippen molar-refractivity contribution in [2.24, 2.45) is 5.92 Å². The van der Waals surface area contributed by atoms with Crippen LogP contribution < -0.4 is 10.1 Å². The molecule has 17 heavy (non-hydrogen) atoms. The van der Waals surface area contributed by atoms with Gasteiger partial charge in [-0.2, -0.15) is 0 Å². The van der Waals surface area contributed by atoms with E-state index in [2.05, 4.69) is 42.0 Å². The van der Waals surface area contributed by atoms with Crippen LogP contribution in [0.5, 0.6) is 5.75 Å². The van der Waals surface area contributed by atoms with Crippen LogP contribution in [0.3, 0.4) is 0 Å². The quantitative estimate of drug-likeness (QED) is 0.826. The van der Waals surface area contributed by atoms with Crippen molar-refractivity contribution in [3.63, 3.8) is 0 Å². The zero-order valence-electron chi connectivity index (χ0n) is 10.9. The van der Waals surface area contributed by atoms with Gasteiger partial charge in [-0.3, -0.25) is 0 Å². The lowest BCUT2D eigenvalue weighted by Gasteiger charge is -2.20. The Balaban J connectivity index is 2.28. The number of hydrogen-bond acceptors (Lipinski definition) is 2. The lowest BCUT2D eigenvalue weighted by molar-refractivity contribution is 0.262. The van der Waals surface area contributed by atoms with E-state index in [9.17, 15) is 0 Å². The van der Waals surface area contributed by atoms with E-state index in [-0.39, 0.29) is 0 Å². The molecule has 3 heteroatoms. The molecule has 0 aliphatic carbocycles. The highest BCUT2D eigenvalue weighted by Gasteiger charge is 2.10. The van der Waals surface area contributed by atoms with Crippen molar-refractivity contribution >= 4 is 15.9 Å². The van der Waals surface area contributed by atoms with Gasteiger partial charge in [0.25, 0.3) is 0 Å². The maximum atomic E-state index is 5.73. The molecule has 2 unspecified atom stereocenters. The average molecular weight is 300 g/mol. The highest BCUT2D eigenvalue weighted by molar-refractivity contribution is 9.10. The first-order valence-corrected chi connectivity index (χ1v) is 7.04. The molecule has 0 amide bonds. The van der Waals surface area contributed by atoms with Gasteiger partial charge >= 0.3 is 0 Å². The molecule has 0 spiro atoms. The van der Waals surface area contributed by atoms with Gasteiger partial charge in [-0.05, 0) is 44.0 Å². The van der Waals surface area contributed by atoms with E-state index in [0.717, 1.165) is 29.8 Å². The summed E-state index contributed by atoms with van der Waals surface area (Å²) >= 11 is 3.44. The maximum Gasteiger partial charge on any atom is 0.120 e. The topological polar surface area (TPSA) is 21.3 Å². The van der Waals surface area contributed by atoms with Crippen molar-refractivity contribution in [2.75, 3.05) is 13.2 Å². The first-order chi connectivity index (χ1) is 8.13. The van der Waals surface area contributed by atoms with Gasteiger partial charge in [0.1, 0.15) is 5.75 Å². The summed E-state index contributed by atoms with van der Waals surface area (Å²) in [5.41, 5.74) is 0. The van der Waals surface area contributed by atoms with Crippen molar-refractivity contribution in [3.8, 4) is 5.75 Å². The molecule has 0 bridgehead atoms. The van der Waals surface area contributed by atoms with E-state index >= 15 is 0 Å². The highest BCUT2D eigenvalue weighted by atomic mass is 79.9. The molecule has 1 N–H and O–H groups in total. The number of ether oxygens (including phenoxy) is 1. The molecule has 0 fully saturated rings. The van der Waals surface area contributed by atoms with E-state index in [0.29, 0.717) is 12.0 Å². The summed E-state index contributed by atoms with van der Waals surface area (Å²) in [7, 11) is 0. The molecular formula is C14H22BrNO. The van der Waals surface area contributed by atoms with Gasteiger partial charge in [0.15, 0.2) is 0 Å². The Bertz CT molecular complexity index is 330. The summed E-state index contributed by atoms with van der Waals surface area (Å²) in [6, 6.07) is 8.53. The van der Waals surface area contributed by atoms with E-state index in [1.165, 1.54) is 0 Å². The smallest absolute Gasteiger partial charge is 0.120 e. The lowest BCUT2D eigenvalue weighted by atomic mass is 10.0. The molecule has 0 saturated heterocycles. The molecule has 0 aliphatic rings. The van der Waals surface area contributed by atoms with E-state index in [4.69, 9.17) is 4.74 Å². The number of hydrogen-bond donors (Lipinski definition) is 1. The second-order valence-electron chi connectivity index (χ2n) is 4.42. The second kappa shape index (κ2) is 7.72. The third-order valence-corrected chi connectivity index (χ3v) is 3.51. The molecule has 1 aromatic carbocycles. The van der Waals surface area contributed by atoms with Gasteiger partial charge in [0.2, 0.25) is 0 Å². The fourth-order valence-corrected chi connectivity index (χ4v) is 2.07. The van der Waals surface area contributed by atoms with Crippen LogP contribution in [0.25, 0.3) is 0 Å². The minimum Gasteiger partial charge on any atom is -0.494 e. The third kappa shape index (κ3) is 5.55. The summed E-state index contributed by atoms with van der Waals surface area (Å²) < 4.78 is 6.79. The molecule has 2 nitrogen and oxygen atoms in total. The third-order valence-electron chi connectivity index (χ3n) is 3.02. The fourth-order valence-electron chi connectivity index (χ4n) is 1.69. The molecule has 1 aromatic rings. The number of benzene rings is 1. The van der Waals surface area contributed by atoms with Crippen LogP contribution in [0.2, 0.25) is 0 Å². The van der Waals surface area contributed by atoms with E-state index in [1.54, 1.807) is 0 Å². The second-order valence-corrected chi connectivity index (χ2v) is 5.33. The Morgan fingerprint density at radius 1 is 1.35 bits per heavy atom. The van der Waals surface area contributed by atoms with Gasteiger partial charge in [-0.25, -0.2) is 0 Å². The molecule has 0 saturated carbocycles. The number of rotatable bonds is 7. The predicted octanol–water partition coefficient (Wildman–Crippen LogP) is 3.85. The lowest BCUT2D eigenvalue weighted by Crippen LogP contribution is -2.32. The average Bonchev–Trinajstić information content (AvgIpc) is 2.29. The van der Waals surface area contributed by atoms with Crippen molar-refractivity contribution in [1.29, 1.82) is 0 Å². The summed E-state index contributed by atoms with van der Waals surface area (Å²) in [6.45, 7) is 8.43. The Morgan fingerprint density at radius 3 is 2.76 bits per heavy atom. The number of halogens is 1. The molecule has 0 aliphatic heterocycles. The summed E-state index contributed by atoms with van der Waals surface area (Å²) in [5, 5.41) is 3.44. The zero-order valence-corrected chi connectivity index (χ0v) is 12.5. The Morgan fingerprint density at radius 2 is 2.12 bits per heavy atom. The minimum atomic E-state index is 0.547. The molecule has 0 radical (unpaired) electrons. The van der Waals surface area contributed by atoms with E-state index < -0.39 is 0 Å². The van der Waals surface area contributed by atoms with Crippen LogP contribution in [-0.2, 0) is 0 Å². The van der Waals surface area contributed by atoms with Crippen LogP contribution in [0.15, 0.2) is 28.7 Å². The molecule has 1 rings (SSSR count).